The molecule has 1 aliphatic rings. The van der Waals surface area contributed by atoms with Crippen molar-refractivity contribution in [1.29, 1.82) is 0 Å². The van der Waals surface area contributed by atoms with E-state index in [4.69, 9.17) is 5.73 Å². The molecule has 1 rings (SSSR count). The minimum atomic E-state index is 0.581. The summed E-state index contributed by atoms with van der Waals surface area (Å²) in [5.41, 5.74) is 5.79. The van der Waals surface area contributed by atoms with Crippen molar-refractivity contribution >= 4 is 0 Å². The van der Waals surface area contributed by atoms with E-state index in [9.17, 15) is 0 Å². The van der Waals surface area contributed by atoms with E-state index < -0.39 is 0 Å². The van der Waals surface area contributed by atoms with E-state index in [1.807, 2.05) is 0 Å². The van der Waals surface area contributed by atoms with Gasteiger partial charge in [-0.25, -0.2) is 0 Å². The normalized spacial score (nSPS) is 20.0. The Bertz CT molecular complexity index is 155. The zero-order valence-corrected chi connectivity index (χ0v) is 10.4. The van der Waals surface area contributed by atoms with Gasteiger partial charge in [0.1, 0.15) is 0 Å². The molecular formula is C12H27N3. The van der Waals surface area contributed by atoms with E-state index in [0.717, 1.165) is 6.54 Å². The average Bonchev–Trinajstić information content (AvgIpc) is 2.75. The van der Waals surface area contributed by atoms with Crippen LogP contribution in [-0.2, 0) is 0 Å². The van der Waals surface area contributed by atoms with Crippen LogP contribution in [0.4, 0.5) is 0 Å². The van der Waals surface area contributed by atoms with Gasteiger partial charge in [0.2, 0.25) is 0 Å². The predicted octanol–water partition coefficient (Wildman–Crippen LogP) is 1.14. The molecule has 3 heteroatoms. The van der Waals surface area contributed by atoms with Gasteiger partial charge in [-0.05, 0) is 39.4 Å². The van der Waals surface area contributed by atoms with Gasteiger partial charge in [-0.3, -0.25) is 0 Å². The van der Waals surface area contributed by atoms with Gasteiger partial charge in [0.15, 0.2) is 0 Å². The smallest absolute Gasteiger partial charge is 0.0215 e. The van der Waals surface area contributed by atoms with E-state index in [-0.39, 0.29) is 0 Å². The van der Waals surface area contributed by atoms with E-state index in [1.165, 1.54) is 51.9 Å². The summed E-state index contributed by atoms with van der Waals surface area (Å²) in [7, 11) is 2.21. The molecule has 0 aromatic carbocycles. The summed E-state index contributed by atoms with van der Waals surface area (Å²) in [6.07, 6.45) is 5.24. The Morgan fingerprint density at radius 2 is 2.00 bits per heavy atom. The third kappa shape index (κ3) is 4.49. The van der Waals surface area contributed by atoms with Crippen molar-refractivity contribution < 1.29 is 0 Å². The van der Waals surface area contributed by atoms with Crippen molar-refractivity contribution in [2.75, 3.05) is 39.8 Å². The lowest BCUT2D eigenvalue weighted by Crippen LogP contribution is -2.41. The molecule has 1 atom stereocenters. The second-order valence-electron chi connectivity index (χ2n) is 4.71. The Balaban J connectivity index is 2.17. The third-order valence-electron chi connectivity index (χ3n) is 3.48. The number of hydrogen-bond acceptors (Lipinski definition) is 3. The molecular weight excluding hydrogens is 186 g/mol. The maximum Gasteiger partial charge on any atom is 0.0215 e. The molecule has 0 aromatic rings. The second-order valence-corrected chi connectivity index (χ2v) is 4.71. The van der Waals surface area contributed by atoms with Crippen LogP contribution in [0.1, 0.15) is 32.6 Å². The maximum atomic E-state index is 5.79. The standard InChI is InChI=1S/C12H27N3/c1-3-6-12(11-13)14(2)9-10-15-7-4-5-8-15/h12H,3-11,13H2,1-2H3. The molecule has 0 bridgehead atoms. The van der Waals surface area contributed by atoms with Gasteiger partial charge < -0.3 is 15.5 Å². The van der Waals surface area contributed by atoms with Gasteiger partial charge in [-0.1, -0.05) is 13.3 Å². The maximum absolute atomic E-state index is 5.79. The van der Waals surface area contributed by atoms with Crippen LogP contribution >= 0.6 is 0 Å². The van der Waals surface area contributed by atoms with E-state index in [2.05, 4.69) is 23.8 Å². The van der Waals surface area contributed by atoms with Gasteiger partial charge in [-0.2, -0.15) is 0 Å². The van der Waals surface area contributed by atoms with Gasteiger partial charge in [0, 0.05) is 25.7 Å². The fourth-order valence-corrected chi connectivity index (χ4v) is 2.34. The summed E-state index contributed by atoms with van der Waals surface area (Å²) in [6.45, 7) is 8.02. The molecule has 1 unspecified atom stereocenters. The summed E-state index contributed by atoms with van der Waals surface area (Å²) in [5, 5.41) is 0. The van der Waals surface area contributed by atoms with E-state index in [1.54, 1.807) is 0 Å². The van der Waals surface area contributed by atoms with Crippen LogP contribution in [0.25, 0.3) is 0 Å². The van der Waals surface area contributed by atoms with Crippen molar-refractivity contribution in [3.05, 3.63) is 0 Å². The Morgan fingerprint density at radius 1 is 1.33 bits per heavy atom. The molecule has 2 N–H and O–H groups in total. The molecule has 1 saturated heterocycles. The van der Waals surface area contributed by atoms with Gasteiger partial charge in [0.25, 0.3) is 0 Å². The van der Waals surface area contributed by atoms with Crippen LogP contribution in [0.3, 0.4) is 0 Å². The molecule has 15 heavy (non-hydrogen) atoms. The first-order valence-electron chi connectivity index (χ1n) is 6.40. The first-order chi connectivity index (χ1) is 7.27. The molecule has 90 valence electrons. The number of nitrogens with zero attached hydrogens (tertiary/aromatic N) is 2. The van der Waals surface area contributed by atoms with Crippen LogP contribution in [0.5, 0.6) is 0 Å². The SMILES string of the molecule is CCCC(CN)N(C)CCN1CCCC1. The summed E-state index contributed by atoms with van der Waals surface area (Å²) >= 11 is 0. The molecule has 0 aromatic heterocycles. The first-order valence-corrected chi connectivity index (χ1v) is 6.40. The highest BCUT2D eigenvalue weighted by Gasteiger charge is 2.15. The number of likely N-dealkylation sites (tertiary alicyclic amines) is 1. The summed E-state index contributed by atoms with van der Waals surface area (Å²) in [4.78, 5) is 5.00. The number of rotatable bonds is 7. The Kier molecular flexibility index (Phi) is 6.22. The molecule has 0 aliphatic carbocycles. The fourth-order valence-electron chi connectivity index (χ4n) is 2.34. The van der Waals surface area contributed by atoms with Crippen LogP contribution in [-0.4, -0.2) is 55.6 Å². The quantitative estimate of drug-likeness (QED) is 0.688. The van der Waals surface area contributed by atoms with E-state index in [0.29, 0.717) is 6.04 Å². The molecule has 0 amide bonds. The van der Waals surface area contributed by atoms with Crippen molar-refractivity contribution in [2.45, 2.75) is 38.6 Å². The van der Waals surface area contributed by atoms with Crippen LogP contribution < -0.4 is 5.73 Å². The second kappa shape index (κ2) is 7.20. The van der Waals surface area contributed by atoms with Crippen molar-refractivity contribution in [3.63, 3.8) is 0 Å². The highest BCUT2D eigenvalue weighted by atomic mass is 15.2. The highest BCUT2D eigenvalue weighted by Crippen LogP contribution is 2.08. The molecule has 1 heterocycles. The van der Waals surface area contributed by atoms with Crippen molar-refractivity contribution in [1.82, 2.24) is 9.80 Å². The van der Waals surface area contributed by atoms with Crippen molar-refractivity contribution in [3.8, 4) is 0 Å². The van der Waals surface area contributed by atoms with Gasteiger partial charge >= 0.3 is 0 Å². The minimum absolute atomic E-state index is 0.581. The Labute approximate surface area is 94.6 Å². The predicted molar refractivity (Wildman–Crippen MR) is 66.1 cm³/mol. The number of likely N-dealkylation sites (N-methyl/N-ethyl adjacent to an activating group) is 1. The van der Waals surface area contributed by atoms with Crippen molar-refractivity contribution in [2.24, 2.45) is 5.73 Å². The molecule has 3 nitrogen and oxygen atoms in total. The summed E-state index contributed by atoms with van der Waals surface area (Å²) in [5.74, 6) is 0. The zero-order valence-electron chi connectivity index (χ0n) is 10.4. The van der Waals surface area contributed by atoms with Crippen LogP contribution in [0.15, 0.2) is 0 Å². The molecule has 0 spiro atoms. The third-order valence-corrected chi connectivity index (χ3v) is 3.48. The lowest BCUT2D eigenvalue weighted by molar-refractivity contribution is 0.200. The Hall–Kier alpha value is -0.120. The zero-order chi connectivity index (χ0) is 11.1. The Morgan fingerprint density at radius 3 is 2.53 bits per heavy atom. The topological polar surface area (TPSA) is 32.5 Å². The highest BCUT2D eigenvalue weighted by molar-refractivity contribution is 4.72. The molecule has 1 fully saturated rings. The first kappa shape index (κ1) is 12.9. The number of hydrogen-bond donors (Lipinski definition) is 1. The summed E-state index contributed by atoms with van der Waals surface area (Å²) in [6, 6.07) is 0.581. The largest absolute Gasteiger partial charge is 0.329 e. The molecule has 0 saturated carbocycles. The number of nitrogens with two attached hydrogens (primary N) is 1. The van der Waals surface area contributed by atoms with Gasteiger partial charge in [-0.15, -0.1) is 0 Å². The fraction of sp³-hybridized carbons (Fsp3) is 1.00. The molecule has 0 radical (unpaired) electrons. The molecule has 1 aliphatic heterocycles. The van der Waals surface area contributed by atoms with Gasteiger partial charge in [0.05, 0.1) is 0 Å². The van der Waals surface area contributed by atoms with Crippen LogP contribution in [0.2, 0.25) is 0 Å². The average molecular weight is 213 g/mol. The van der Waals surface area contributed by atoms with Crippen LogP contribution in [0, 0.1) is 0 Å². The lowest BCUT2D eigenvalue weighted by Gasteiger charge is -2.28. The lowest BCUT2D eigenvalue weighted by atomic mass is 10.1. The monoisotopic (exact) mass is 213 g/mol. The van der Waals surface area contributed by atoms with E-state index >= 15 is 0 Å². The minimum Gasteiger partial charge on any atom is -0.329 e. The summed E-state index contributed by atoms with van der Waals surface area (Å²) < 4.78 is 0.